The number of ether oxygens (including phenoxy) is 1. The smallest absolute Gasteiger partial charge is 0.255 e. The number of piperidine rings is 1. The first-order chi connectivity index (χ1) is 27.4. The lowest BCUT2D eigenvalue weighted by Crippen LogP contribution is -2.52. The fourth-order valence-electron chi connectivity index (χ4n) is 8.72. The van der Waals surface area contributed by atoms with Gasteiger partial charge in [-0.05, 0) is 88.2 Å². The highest BCUT2D eigenvalue weighted by Gasteiger charge is 2.40. The van der Waals surface area contributed by atoms with Gasteiger partial charge in [0.2, 0.25) is 11.8 Å². The Bertz CT molecular complexity index is 2310. The second kappa shape index (κ2) is 15.2. The van der Waals surface area contributed by atoms with Crippen molar-refractivity contribution >= 4 is 29.0 Å². The molecule has 2 unspecified atom stereocenters. The summed E-state index contributed by atoms with van der Waals surface area (Å²) in [6.45, 7) is 5.38. The highest BCUT2D eigenvalue weighted by Crippen LogP contribution is 2.44. The van der Waals surface area contributed by atoms with E-state index in [1.54, 1.807) is 23.1 Å². The number of amides is 3. The van der Waals surface area contributed by atoms with Crippen LogP contribution in [0.4, 0.5) is 5.69 Å². The van der Waals surface area contributed by atoms with Crippen molar-refractivity contribution < 1.29 is 24.2 Å². The molecule has 5 aromatic carbocycles. The molecule has 282 valence electrons. The van der Waals surface area contributed by atoms with Crippen molar-refractivity contribution in [3.63, 3.8) is 0 Å². The van der Waals surface area contributed by atoms with E-state index in [1.807, 2.05) is 12.1 Å². The number of aromatic hydroxyl groups is 1. The molecule has 9 nitrogen and oxygen atoms in total. The van der Waals surface area contributed by atoms with Crippen LogP contribution < -0.4 is 15.0 Å². The first-order valence-electron chi connectivity index (χ1n) is 19.5. The first-order valence-corrected chi connectivity index (χ1v) is 19.5. The maximum absolute atomic E-state index is 13.2. The summed E-state index contributed by atoms with van der Waals surface area (Å²) in [7, 11) is 0. The molecule has 2 fully saturated rings. The average molecular weight is 745 g/mol. The number of imide groups is 1. The maximum Gasteiger partial charge on any atom is 0.255 e. The average Bonchev–Trinajstić information content (AvgIpc) is 3.56. The van der Waals surface area contributed by atoms with Crippen LogP contribution in [-0.4, -0.2) is 64.8 Å². The third kappa shape index (κ3) is 7.06. The van der Waals surface area contributed by atoms with Gasteiger partial charge in [0.25, 0.3) is 5.91 Å². The number of allylic oxidation sites excluding steroid dienone is 2. The molecule has 9 heteroatoms. The molecule has 0 saturated carbocycles. The van der Waals surface area contributed by atoms with E-state index in [2.05, 4.69) is 106 Å². The number of carbonyl (C=O) groups excluding carboxylic acids is 3. The summed E-state index contributed by atoms with van der Waals surface area (Å²) in [6, 6.07) is 38.8. The third-order valence-electron chi connectivity index (χ3n) is 11.7. The maximum atomic E-state index is 13.2. The number of nitrogens with zero attached hydrogens (tertiary/aromatic N) is 3. The quantitative estimate of drug-likeness (QED) is 0.160. The van der Waals surface area contributed by atoms with Crippen LogP contribution in [0.3, 0.4) is 0 Å². The van der Waals surface area contributed by atoms with Crippen LogP contribution in [0.5, 0.6) is 11.5 Å². The number of benzene rings is 5. The fraction of sp³-hybridized carbons (Fsp3) is 0.255. The second-order valence-electron chi connectivity index (χ2n) is 15.2. The molecule has 2 N–H and O–H groups in total. The highest BCUT2D eigenvalue weighted by atomic mass is 16.5. The molecule has 5 aromatic rings. The van der Waals surface area contributed by atoms with E-state index < -0.39 is 11.9 Å². The molecule has 3 aliphatic heterocycles. The molecule has 9 rings (SSSR count). The standard InChI is InChI=1S/C47H44N4O5/c52-37-18-20-39-35(27-37)15-19-38(33-5-2-1-3-6-33)45(39)34-13-16-36(17-14-34)50-25-23-49(24-26-50)28-31-9-11-32(12-10-31)30-56-43-8-4-7-40-41(43)29-51(47(40)55)42-21-22-44(53)48-46(42)54/h1-14,16-20,27,42,45,52H,15,21-26,28-30H2,(H,48,53,54). The lowest BCUT2D eigenvalue weighted by molar-refractivity contribution is -0.136. The molecule has 0 radical (unpaired) electrons. The molecular formula is C47H44N4O5. The van der Waals surface area contributed by atoms with E-state index in [1.165, 1.54) is 39.1 Å². The summed E-state index contributed by atoms with van der Waals surface area (Å²) >= 11 is 0. The van der Waals surface area contributed by atoms with E-state index in [9.17, 15) is 19.5 Å². The Hall–Kier alpha value is -6.19. The van der Waals surface area contributed by atoms with Crippen LogP contribution >= 0.6 is 0 Å². The van der Waals surface area contributed by atoms with Crippen LogP contribution in [0.25, 0.3) is 5.57 Å². The predicted octanol–water partition coefficient (Wildman–Crippen LogP) is 6.83. The lowest BCUT2D eigenvalue weighted by atomic mass is 9.75. The molecule has 3 amide bonds. The first kappa shape index (κ1) is 35.5. The summed E-state index contributed by atoms with van der Waals surface area (Å²) < 4.78 is 6.23. The van der Waals surface area contributed by atoms with Gasteiger partial charge in [-0.1, -0.05) is 84.9 Å². The number of hydrogen-bond donors (Lipinski definition) is 2. The predicted molar refractivity (Wildman–Crippen MR) is 215 cm³/mol. The number of fused-ring (bicyclic) bond motifs is 2. The van der Waals surface area contributed by atoms with Gasteiger partial charge in [-0.3, -0.25) is 24.6 Å². The summed E-state index contributed by atoms with van der Waals surface area (Å²) in [5.41, 5.74) is 11.1. The molecule has 3 heterocycles. The van der Waals surface area contributed by atoms with Gasteiger partial charge >= 0.3 is 0 Å². The van der Waals surface area contributed by atoms with Gasteiger partial charge in [0.1, 0.15) is 24.1 Å². The Morgan fingerprint density at radius 1 is 0.786 bits per heavy atom. The molecular weight excluding hydrogens is 701 g/mol. The molecule has 4 aliphatic rings. The summed E-state index contributed by atoms with van der Waals surface area (Å²) in [4.78, 5) is 43.8. The Labute approximate surface area is 326 Å². The SMILES string of the molecule is O=C1CCC(N2Cc3c(OCc4ccc(CN5CCN(c6ccc(C7C(c8ccccc8)=CCc8cc(O)ccc87)cc6)CC5)cc4)cccc3C2=O)C(=O)N1. The Balaban J connectivity index is 0.793. The normalized spacial score (nSPS) is 19.6. The van der Waals surface area contributed by atoms with Crippen LogP contribution in [0, 0.1) is 0 Å². The van der Waals surface area contributed by atoms with E-state index >= 15 is 0 Å². The Morgan fingerprint density at radius 3 is 2.32 bits per heavy atom. The van der Waals surface area contributed by atoms with Crippen molar-refractivity contribution in [1.82, 2.24) is 15.1 Å². The summed E-state index contributed by atoms with van der Waals surface area (Å²) in [5, 5.41) is 12.6. The van der Waals surface area contributed by atoms with Crippen LogP contribution in [0.15, 0.2) is 121 Å². The number of carbonyl (C=O) groups is 3. The van der Waals surface area contributed by atoms with Gasteiger partial charge in [-0.15, -0.1) is 0 Å². The fourth-order valence-corrected chi connectivity index (χ4v) is 8.72. The lowest BCUT2D eigenvalue weighted by Gasteiger charge is -2.36. The minimum absolute atomic E-state index is 0.105. The zero-order valence-electron chi connectivity index (χ0n) is 31.2. The van der Waals surface area contributed by atoms with Crippen molar-refractivity contribution in [2.45, 2.75) is 50.9 Å². The summed E-state index contributed by atoms with van der Waals surface area (Å²) in [6.07, 6.45) is 3.68. The van der Waals surface area contributed by atoms with Crippen molar-refractivity contribution in [3.05, 3.63) is 166 Å². The largest absolute Gasteiger partial charge is 0.508 e. The van der Waals surface area contributed by atoms with Crippen LogP contribution in [-0.2, 0) is 35.7 Å². The van der Waals surface area contributed by atoms with Gasteiger partial charge in [0, 0.05) is 61.9 Å². The van der Waals surface area contributed by atoms with Gasteiger partial charge < -0.3 is 19.6 Å². The van der Waals surface area contributed by atoms with Crippen LogP contribution in [0.2, 0.25) is 0 Å². The number of piperazine rings is 1. The van der Waals surface area contributed by atoms with Crippen molar-refractivity contribution in [2.75, 3.05) is 31.1 Å². The number of nitrogens with one attached hydrogen (secondary N) is 1. The molecule has 2 atom stereocenters. The van der Waals surface area contributed by atoms with E-state index in [0.29, 0.717) is 30.1 Å². The monoisotopic (exact) mass is 744 g/mol. The zero-order chi connectivity index (χ0) is 38.2. The number of rotatable bonds is 9. The molecule has 56 heavy (non-hydrogen) atoms. The van der Waals surface area contributed by atoms with Crippen molar-refractivity contribution in [1.29, 1.82) is 0 Å². The number of anilines is 1. The van der Waals surface area contributed by atoms with Crippen molar-refractivity contribution in [3.8, 4) is 11.5 Å². The molecule has 0 bridgehead atoms. The topological polar surface area (TPSA) is 102 Å². The minimum Gasteiger partial charge on any atom is -0.508 e. The molecule has 0 aromatic heterocycles. The van der Waals surface area contributed by atoms with E-state index in [-0.39, 0.29) is 30.7 Å². The molecule has 1 aliphatic carbocycles. The van der Waals surface area contributed by atoms with Gasteiger partial charge in [-0.25, -0.2) is 0 Å². The van der Waals surface area contributed by atoms with Gasteiger partial charge in [0.15, 0.2) is 0 Å². The number of phenolic OH excluding ortho intramolecular Hbond substituents is 1. The van der Waals surface area contributed by atoms with Gasteiger partial charge in [-0.2, -0.15) is 0 Å². The van der Waals surface area contributed by atoms with E-state index in [4.69, 9.17) is 4.74 Å². The van der Waals surface area contributed by atoms with E-state index in [0.717, 1.165) is 50.3 Å². The van der Waals surface area contributed by atoms with Crippen LogP contribution in [0.1, 0.15) is 68.1 Å². The van der Waals surface area contributed by atoms with Gasteiger partial charge in [0.05, 0.1) is 6.54 Å². The Kier molecular flexibility index (Phi) is 9.61. The second-order valence-corrected chi connectivity index (χ2v) is 15.2. The summed E-state index contributed by atoms with van der Waals surface area (Å²) in [5.74, 6) is 0.129. The Morgan fingerprint density at radius 2 is 1.55 bits per heavy atom. The third-order valence-corrected chi connectivity index (χ3v) is 11.7. The number of hydrogen-bond acceptors (Lipinski definition) is 7. The zero-order valence-corrected chi connectivity index (χ0v) is 31.2. The molecule has 2 saturated heterocycles. The minimum atomic E-state index is -0.655. The molecule has 0 spiro atoms. The number of phenols is 1. The van der Waals surface area contributed by atoms with Crippen molar-refractivity contribution in [2.24, 2.45) is 0 Å². The highest BCUT2D eigenvalue weighted by molar-refractivity contribution is 6.05.